The van der Waals surface area contributed by atoms with Crippen molar-refractivity contribution >= 4 is 11.7 Å². The topological polar surface area (TPSA) is 70.1 Å². The molecule has 0 unspecified atom stereocenters. The first kappa shape index (κ1) is 19.8. The molecule has 1 heterocycles. The van der Waals surface area contributed by atoms with E-state index >= 15 is 0 Å². The molecule has 2 rings (SSSR count). The number of hydrogen-bond acceptors (Lipinski definition) is 4. The van der Waals surface area contributed by atoms with Gasteiger partial charge in [-0.05, 0) is 18.6 Å². The van der Waals surface area contributed by atoms with Gasteiger partial charge in [-0.1, -0.05) is 32.9 Å². The number of methoxy groups -OCH3 is 1. The minimum Gasteiger partial charge on any atom is -0.464 e. The first-order valence-electron chi connectivity index (χ1n) is 7.98. The molecule has 2 N–H and O–H groups in total. The lowest BCUT2D eigenvalue weighted by molar-refractivity contribution is -0.137. The number of imidazole rings is 1. The monoisotopic (exact) mass is 369 g/mol. The first-order chi connectivity index (χ1) is 11.9. The largest absolute Gasteiger partial charge is 0.464 e. The molecular formula is C18H22F3N3O2. The molecule has 0 bridgehead atoms. The van der Waals surface area contributed by atoms with E-state index in [0.29, 0.717) is 11.5 Å². The van der Waals surface area contributed by atoms with E-state index in [9.17, 15) is 18.0 Å². The van der Waals surface area contributed by atoms with Gasteiger partial charge >= 0.3 is 12.1 Å². The van der Waals surface area contributed by atoms with Gasteiger partial charge in [-0.25, -0.2) is 9.78 Å². The fraction of sp³-hybridized carbons (Fsp3) is 0.444. The van der Waals surface area contributed by atoms with Crippen LogP contribution >= 0.6 is 0 Å². The van der Waals surface area contributed by atoms with E-state index < -0.39 is 23.1 Å². The minimum atomic E-state index is -4.58. The summed E-state index contributed by atoms with van der Waals surface area (Å²) in [5, 5.41) is 0. The second-order valence-electron chi connectivity index (χ2n) is 7.08. The molecule has 2 aromatic rings. The number of benzene rings is 1. The van der Waals surface area contributed by atoms with Crippen molar-refractivity contribution in [2.24, 2.45) is 0 Å². The molecule has 0 saturated heterocycles. The van der Waals surface area contributed by atoms with E-state index in [4.69, 9.17) is 10.5 Å². The lowest BCUT2D eigenvalue weighted by Crippen LogP contribution is -2.22. The Hall–Kier alpha value is -2.51. The summed E-state index contributed by atoms with van der Waals surface area (Å²) in [6, 6.07) is 4.07. The van der Waals surface area contributed by atoms with Gasteiger partial charge in [0.15, 0.2) is 5.69 Å². The summed E-state index contributed by atoms with van der Waals surface area (Å²) in [5.74, 6) is -0.138. The molecular weight excluding hydrogens is 347 g/mol. The van der Waals surface area contributed by atoms with Crippen LogP contribution in [0.2, 0.25) is 0 Å². The maximum atomic E-state index is 13.5. The number of anilines is 1. The Morgan fingerprint density at radius 1 is 1.27 bits per heavy atom. The van der Waals surface area contributed by atoms with Crippen molar-refractivity contribution in [3.05, 3.63) is 46.5 Å². The Balaban J connectivity index is 2.66. The number of hydrogen-bond donors (Lipinski definition) is 1. The van der Waals surface area contributed by atoms with Crippen molar-refractivity contribution in [1.29, 1.82) is 0 Å². The van der Waals surface area contributed by atoms with Crippen LogP contribution in [-0.2, 0) is 22.9 Å². The Bertz CT molecular complexity index is 833. The summed E-state index contributed by atoms with van der Waals surface area (Å²) < 4.78 is 46.7. The van der Waals surface area contributed by atoms with Gasteiger partial charge in [0.1, 0.15) is 5.82 Å². The maximum absolute atomic E-state index is 13.5. The average molecular weight is 369 g/mol. The molecule has 0 aliphatic rings. The van der Waals surface area contributed by atoms with E-state index in [2.05, 4.69) is 4.98 Å². The fourth-order valence-corrected chi connectivity index (χ4v) is 2.86. The zero-order chi connectivity index (χ0) is 19.9. The molecule has 0 spiro atoms. The molecule has 5 nitrogen and oxygen atoms in total. The molecule has 0 atom stereocenters. The Morgan fingerprint density at radius 2 is 1.88 bits per heavy atom. The molecule has 26 heavy (non-hydrogen) atoms. The number of rotatable bonds is 3. The van der Waals surface area contributed by atoms with Crippen molar-refractivity contribution in [1.82, 2.24) is 9.55 Å². The highest BCUT2D eigenvalue weighted by atomic mass is 19.4. The smallest absolute Gasteiger partial charge is 0.418 e. The summed E-state index contributed by atoms with van der Waals surface area (Å²) in [7, 11) is 1.23. The number of carbonyl (C=O) groups excluding carboxylic acids is 1. The standard InChI is InChI=1S/C18H22F3N3O2/c1-10-14(15(25)26-5)23-16(17(2,3)4)24(10)9-11-7-6-8-12(22)13(11)18(19,20)21/h6-8H,9,22H2,1-5H3. The second kappa shape index (κ2) is 6.66. The summed E-state index contributed by atoms with van der Waals surface area (Å²) >= 11 is 0. The van der Waals surface area contributed by atoms with Crippen LogP contribution in [0.3, 0.4) is 0 Å². The third-order valence-electron chi connectivity index (χ3n) is 4.07. The van der Waals surface area contributed by atoms with Gasteiger partial charge in [0.05, 0.1) is 12.7 Å². The molecule has 0 radical (unpaired) electrons. The summed E-state index contributed by atoms with van der Waals surface area (Å²) in [4.78, 5) is 16.3. The second-order valence-corrected chi connectivity index (χ2v) is 7.08. The zero-order valence-electron chi connectivity index (χ0n) is 15.4. The van der Waals surface area contributed by atoms with Gasteiger partial charge in [0, 0.05) is 23.3 Å². The van der Waals surface area contributed by atoms with Crippen molar-refractivity contribution in [2.45, 2.75) is 45.8 Å². The van der Waals surface area contributed by atoms with Gasteiger partial charge in [0.25, 0.3) is 0 Å². The van der Waals surface area contributed by atoms with Crippen LogP contribution in [0.25, 0.3) is 0 Å². The van der Waals surface area contributed by atoms with E-state index in [1.54, 1.807) is 11.5 Å². The zero-order valence-corrected chi connectivity index (χ0v) is 15.4. The highest BCUT2D eigenvalue weighted by Crippen LogP contribution is 2.37. The maximum Gasteiger partial charge on any atom is 0.418 e. The van der Waals surface area contributed by atoms with Crippen molar-refractivity contribution in [3.8, 4) is 0 Å². The third kappa shape index (κ3) is 3.68. The summed E-state index contributed by atoms with van der Waals surface area (Å²) in [6.45, 7) is 7.14. The van der Waals surface area contributed by atoms with Gasteiger partial charge in [-0.3, -0.25) is 0 Å². The first-order valence-corrected chi connectivity index (χ1v) is 7.98. The van der Waals surface area contributed by atoms with Gasteiger partial charge < -0.3 is 15.0 Å². The van der Waals surface area contributed by atoms with Crippen LogP contribution in [0.5, 0.6) is 0 Å². The third-order valence-corrected chi connectivity index (χ3v) is 4.07. The molecule has 0 aliphatic carbocycles. The van der Waals surface area contributed by atoms with Crippen LogP contribution in [0.15, 0.2) is 18.2 Å². The molecule has 1 aromatic heterocycles. The van der Waals surface area contributed by atoms with Crippen molar-refractivity contribution in [3.63, 3.8) is 0 Å². The number of nitrogens with two attached hydrogens (primary N) is 1. The Labute approximate surface area is 150 Å². The van der Waals surface area contributed by atoms with Crippen LogP contribution < -0.4 is 5.73 Å². The highest BCUT2D eigenvalue weighted by molar-refractivity contribution is 5.88. The molecule has 0 amide bonds. The van der Waals surface area contributed by atoms with E-state index in [-0.39, 0.29) is 23.5 Å². The summed E-state index contributed by atoms with van der Waals surface area (Å²) in [5.41, 5.74) is 4.43. The number of nitrogen functional groups attached to an aromatic ring is 1. The SMILES string of the molecule is COC(=O)c1nc(C(C)(C)C)n(Cc2cccc(N)c2C(F)(F)F)c1C. The van der Waals surface area contributed by atoms with Gasteiger partial charge in [-0.2, -0.15) is 13.2 Å². The van der Waals surface area contributed by atoms with Crippen LogP contribution in [0.4, 0.5) is 18.9 Å². The number of aromatic nitrogens is 2. The highest BCUT2D eigenvalue weighted by Gasteiger charge is 2.36. The molecule has 142 valence electrons. The molecule has 1 aromatic carbocycles. The van der Waals surface area contributed by atoms with E-state index in [1.165, 1.54) is 25.3 Å². The number of carbonyl (C=O) groups is 1. The molecule has 0 saturated carbocycles. The average Bonchev–Trinajstić information content (AvgIpc) is 2.82. The number of nitrogens with zero attached hydrogens (tertiary/aromatic N) is 2. The predicted octanol–water partition coefficient (Wildman–Crippen LogP) is 3.92. The predicted molar refractivity (Wildman–Crippen MR) is 92.0 cm³/mol. The van der Waals surface area contributed by atoms with Crippen LogP contribution in [-0.4, -0.2) is 22.6 Å². The lowest BCUT2D eigenvalue weighted by atomic mass is 9.95. The quantitative estimate of drug-likeness (QED) is 0.657. The Kier molecular flexibility index (Phi) is 5.07. The lowest BCUT2D eigenvalue weighted by Gasteiger charge is -2.22. The van der Waals surface area contributed by atoms with Gasteiger partial charge in [0.2, 0.25) is 0 Å². The summed E-state index contributed by atoms with van der Waals surface area (Å²) in [6.07, 6.45) is -4.58. The molecule has 0 fully saturated rings. The van der Waals surface area contributed by atoms with E-state index in [0.717, 1.165) is 0 Å². The number of alkyl halides is 3. The van der Waals surface area contributed by atoms with Gasteiger partial charge in [-0.15, -0.1) is 0 Å². The van der Waals surface area contributed by atoms with Crippen molar-refractivity contribution < 1.29 is 22.7 Å². The normalized spacial score (nSPS) is 12.3. The molecule has 8 heteroatoms. The Morgan fingerprint density at radius 3 is 2.38 bits per heavy atom. The van der Waals surface area contributed by atoms with Crippen LogP contribution in [0, 0.1) is 6.92 Å². The fourth-order valence-electron chi connectivity index (χ4n) is 2.86. The van der Waals surface area contributed by atoms with E-state index in [1.807, 2.05) is 20.8 Å². The number of esters is 1. The van der Waals surface area contributed by atoms with Crippen molar-refractivity contribution in [2.75, 3.05) is 12.8 Å². The molecule has 0 aliphatic heterocycles. The minimum absolute atomic E-state index is 0.0138. The number of halogens is 3. The number of ether oxygens (including phenoxy) is 1. The van der Waals surface area contributed by atoms with Crippen LogP contribution in [0.1, 0.15) is 53.9 Å².